The van der Waals surface area contributed by atoms with E-state index in [0.29, 0.717) is 64.8 Å². The summed E-state index contributed by atoms with van der Waals surface area (Å²) < 4.78 is 19.2. The highest BCUT2D eigenvalue weighted by Gasteiger charge is 2.33. The number of thiazole rings is 1. The minimum absolute atomic E-state index is 0.300. The van der Waals surface area contributed by atoms with E-state index in [1.807, 2.05) is 55.5 Å². The molecule has 1 aliphatic heterocycles. The van der Waals surface area contributed by atoms with E-state index in [0.717, 1.165) is 0 Å². The number of halogens is 1. The van der Waals surface area contributed by atoms with Gasteiger partial charge in [0, 0.05) is 12.6 Å². The molecule has 1 aromatic heterocycles. The standard InChI is InChI=1S/C32H28IN3O6S/c1-5-41-25-15-20(14-24(33)29(25)42-19(3)37)16-26-31(39)36-28(21-10-9-13-23(17-21)40-4)27(18(2)34-32(36)43-26)30(38)35-22-11-7-6-8-12-22/h6-17,28H,5H2,1-4H3,(H,35,38)/b26-16-/t28-/m1/s1. The van der Waals surface area contributed by atoms with Gasteiger partial charge in [0.2, 0.25) is 0 Å². The molecule has 0 aliphatic carbocycles. The molecular formula is C32H28IN3O6S. The van der Waals surface area contributed by atoms with Crippen molar-refractivity contribution >= 4 is 57.6 Å². The van der Waals surface area contributed by atoms with Gasteiger partial charge >= 0.3 is 5.97 Å². The first kappa shape index (κ1) is 30.2. The number of hydrogen-bond donors (Lipinski definition) is 1. The van der Waals surface area contributed by atoms with Gasteiger partial charge in [-0.15, -0.1) is 0 Å². The van der Waals surface area contributed by atoms with Crippen LogP contribution in [0.2, 0.25) is 0 Å². The van der Waals surface area contributed by atoms with Crippen LogP contribution in [0.1, 0.15) is 37.9 Å². The lowest BCUT2D eigenvalue weighted by Gasteiger charge is -2.25. The van der Waals surface area contributed by atoms with Gasteiger partial charge in [-0.25, -0.2) is 4.99 Å². The van der Waals surface area contributed by atoms with Crippen molar-refractivity contribution in [1.29, 1.82) is 0 Å². The van der Waals surface area contributed by atoms with Crippen molar-refractivity contribution in [2.24, 2.45) is 4.99 Å². The van der Waals surface area contributed by atoms with Crippen molar-refractivity contribution in [1.82, 2.24) is 4.57 Å². The number of aromatic nitrogens is 1. The molecule has 3 aromatic carbocycles. The molecule has 0 bridgehead atoms. The number of anilines is 1. The first-order valence-corrected chi connectivity index (χ1v) is 15.3. The predicted octanol–water partition coefficient (Wildman–Crippen LogP) is 4.81. The molecule has 0 saturated carbocycles. The van der Waals surface area contributed by atoms with Crippen LogP contribution in [0, 0.1) is 3.57 Å². The minimum atomic E-state index is -0.748. The fourth-order valence-electron chi connectivity index (χ4n) is 4.79. The molecule has 2 heterocycles. The summed E-state index contributed by atoms with van der Waals surface area (Å²) >= 11 is 3.30. The molecule has 0 saturated heterocycles. The lowest BCUT2D eigenvalue weighted by molar-refractivity contribution is -0.132. The number of fused-ring (bicyclic) bond motifs is 1. The average Bonchev–Trinajstić information content (AvgIpc) is 3.28. The number of carbonyl (C=O) groups is 2. The first-order chi connectivity index (χ1) is 20.7. The molecule has 220 valence electrons. The number of hydrogen-bond acceptors (Lipinski definition) is 8. The summed E-state index contributed by atoms with van der Waals surface area (Å²) in [6.45, 7) is 5.30. The monoisotopic (exact) mass is 709 g/mol. The molecule has 0 spiro atoms. The van der Waals surface area contributed by atoms with Gasteiger partial charge in [0.15, 0.2) is 16.3 Å². The molecule has 5 rings (SSSR count). The highest BCUT2D eigenvalue weighted by Crippen LogP contribution is 2.35. The lowest BCUT2D eigenvalue weighted by Crippen LogP contribution is -2.40. The van der Waals surface area contributed by atoms with Crippen LogP contribution in [0.5, 0.6) is 17.2 Å². The topological polar surface area (TPSA) is 108 Å². The van der Waals surface area contributed by atoms with Crippen LogP contribution in [-0.4, -0.2) is 30.2 Å². The van der Waals surface area contributed by atoms with E-state index in [4.69, 9.17) is 19.2 Å². The van der Waals surface area contributed by atoms with Crippen molar-refractivity contribution in [3.8, 4) is 17.2 Å². The maximum absolute atomic E-state index is 14.1. The van der Waals surface area contributed by atoms with Crippen LogP contribution in [0.3, 0.4) is 0 Å². The molecule has 9 nitrogen and oxygen atoms in total. The number of para-hydroxylation sites is 1. The highest BCUT2D eigenvalue weighted by molar-refractivity contribution is 14.1. The van der Waals surface area contributed by atoms with Gasteiger partial charge in [-0.1, -0.05) is 41.7 Å². The molecule has 1 atom stereocenters. The summed E-state index contributed by atoms with van der Waals surface area (Å²) in [5.74, 6) is 0.513. The Kier molecular flexibility index (Phi) is 9.11. The SMILES string of the molecule is CCOc1cc(/C=c2\sc3n(c2=O)[C@H](c2cccc(OC)c2)C(C(=O)Nc2ccccc2)=C(C)N=3)cc(I)c1OC(C)=O. The van der Waals surface area contributed by atoms with Gasteiger partial charge in [-0.2, -0.15) is 0 Å². The van der Waals surface area contributed by atoms with Crippen LogP contribution in [0.4, 0.5) is 5.69 Å². The summed E-state index contributed by atoms with van der Waals surface area (Å²) in [5, 5.41) is 2.95. The molecule has 43 heavy (non-hydrogen) atoms. The largest absolute Gasteiger partial charge is 0.497 e. The van der Waals surface area contributed by atoms with Gasteiger partial charge in [0.05, 0.1) is 39.1 Å². The van der Waals surface area contributed by atoms with E-state index >= 15 is 0 Å². The molecule has 1 amide bonds. The summed E-state index contributed by atoms with van der Waals surface area (Å²) in [6, 6.07) is 19.2. The van der Waals surface area contributed by atoms with Crippen molar-refractivity contribution in [2.45, 2.75) is 26.8 Å². The predicted molar refractivity (Wildman–Crippen MR) is 173 cm³/mol. The van der Waals surface area contributed by atoms with Crippen molar-refractivity contribution in [2.75, 3.05) is 19.0 Å². The maximum Gasteiger partial charge on any atom is 0.308 e. The fourth-order valence-corrected chi connectivity index (χ4v) is 6.57. The number of allylic oxidation sites excluding steroid dienone is 1. The average molecular weight is 710 g/mol. The van der Waals surface area contributed by atoms with Gasteiger partial charge in [-0.3, -0.25) is 19.0 Å². The van der Waals surface area contributed by atoms with Crippen LogP contribution >= 0.6 is 33.9 Å². The summed E-state index contributed by atoms with van der Waals surface area (Å²) in [4.78, 5) is 44.7. The number of nitrogens with one attached hydrogen (secondary N) is 1. The number of carbonyl (C=O) groups excluding carboxylic acids is 2. The number of esters is 1. The number of ether oxygens (including phenoxy) is 3. The first-order valence-electron chi connectivity index (χ1n) is 13.4. The van der Waals surface area contributed by atoms with Crippen LogP contribution in [-0.2, 0) is 9.59 Å². The summed E-state index contributed by atoms with van der Waals surface area (Å²) in [5.41, 5.74) is 2.59. The maximum atomic E-state index is 14.1. The van der Waals surface area contributed by atoms with E-state index in [2.05, 4.69) is 27.9 Å². The van der Waals surface area contributed by atoms with E-state index in [1.165, 1.54) is 18.3 Å². The molecule has 1 N–H and O–H groups in total. The molecule has 0 radical (unpaired) electrons. The number of benzene rings is 3. The van der Waals surface area contributed by atoms with E-state index in [-0.39, 0.29) is 11.5 Å². The Morgan fingerprint density at radius 1 is 1.12 bits per heavy atom. The third-order valence-electron chi connectivity index (χ3n) is 6.58. The Balaban J connectivity index is 1.67. The van der Waals surface area contributed by atoms with Gasteiger partial charge in [0.1, 0.15) is 5.75 Å². The van der Waals surface area contributed by atoms with E-state index in [1.54, 1.807) is 42.9 Å². The Morgan fingerprint density at radius 2 is 1.88 bits per heavy atom. The minimum Gasteiger partial charge on any atom is -0.497 e. The van der Waals surface area contributed by atoms with Crippen LogP contribution < -0.4 is 34.4 Å². The highest BCUT2D eigenvalue weighted by atomic mass is 127. The number of nitrogens with zero attached hydrogens (tertiary/aromatic N) is 2. The summed E-state index contributed by atoms with van der Waals surface area (Å²) in [7, 11) is 1.57. The van der Waals surface area contributed by atoms with Gasteiger partial charge in [-0.05, 0) is 90.0 Å². The third-order valence-corrected chi connectivity index (χ3v) is 8.37. The number of amides is 1. The zero-order chi connectivity index (χ0) is 30.7. The van der Waals surface area contributed by atoms with Crippen molar-refractivity contribution in [3.63, 3.8) is 0 Å². The lowest BCUT2D eigenvalue weighted by atomic mass is 9.95. The quantitative estimate of drug-likeness (QED) is 0.160. The zero-order valence-electron chi connectivity index (χ0n) is 23.8. The third kappa shape index (κ3) is 6.42. The Hall–Kier alpha value is -4.23. The van der Waals surface area contributed by atoms with Crippen molar-refractivity contribution < 1.29 is 23.8 Å². The molecule has 11 heteroatoms. The van der Waals surface area contributed by atoms with Gasteiger partial charge in [0.25, 0.3) is 11.5 Å². The van der Waals surface area contributed by atoms with Crippen LogP contribution in [0.15, 0.2) is 87.8 Å². The number of methoxy groups -OCH3 is 1. The van der Waals surface area contributed by atoms with E-state index < -0.39 is 12.0 Å². The Labute approximate surface area is 265 Å². The van der Waals surface area contributed by atoms with Crippen molar-refractivity contribution in [3.05, 3.63) is 112 Å². The molecular weight excluding hydrogens is 681 g/mol. The second kappa shape index (κ2) is 13.0. The molecule has 4 aromatic rings. The van der Waals surface area contributed by atoms with Gasteiger partial charge < -0.3 is 19.5 Å². The fraction of sp³-hybridized carbons (Fsp3) is 0.188. The second-order valence-electron chi connectivity index (χ2n) is 9.54. The Bertz CT molecular complexity index is 1930. The number of rotatable bonds is 8. The smallest absolute Gasteiger partial charge is 0.308 e. The molecule has 0 fully saturated rings. The van der Waals surface area contributed by atoms with E-state index in [9.17, 15) is 14.4 Å². The van der Waals surface area contributed by atoms with Crippen LogP contribution in [0.25, 0.3) is 6.08 Å². The normalized spacial score (nSPS) is 14.5. The molecule has 1 aliphatic rings. The molecule has 0 unspecified atom stereocenters. The summed E-state index contributed by atoms with van der Waals surface area (Å²) in [6.07, 6.45) is 1.75. The zero-order valence-corrected chi connectivity index (χ0v) is 26.8. The Morgan fingerprint density at radius 3 is 2.58 bits per heavy atom. The second-order valence-corrected chi connectivity index (χ2v) is 11.7.